The van der Waals surface area contributed by atoms with Crippen molar-refractivity contribution in [3.63, 3.8) is 0 Å². The van der Waals surface area contributed by atoms with Crippen LogP contribution in [0.2, 0.25) is 0 Å². The van der Waals surface area contributed by atoms with Crippen LogP contribution in [0.25, 0.3) is 0 Å². The summed E-state index contributed by atoms with van der Waals surface area (Å²) in [7, 11) is 0. The van der Waals surface area contributed by atoms with Crippen LogP contribution in [0.1, 0.15) is 42.4 Å². The Hall–Kier alpha value is -2.57. The molecule has 0 saturated heterocycles. The first kappa shape index (κ1) is 26.5. The molecule has 4 nitrogen and oxygen atoms in total. The van der Waals surface area contributed by atoms with E-state index in [1.807, 2.05) is 66.7 Å². The molecular formula is C30H33BrN2O2S. The SMILES string of the molecule is Cc1ccc(SCC(=O)N(Cc2cccc(Br)c2)[C@@H](Cc2ccccc2)C(=O)NC2CCCC2)cc1. The van der Waals surface area contributed by atoms with Gasteiger partial charge in [-0.2, -0.15) is 0 Å². The Kier molecular flexibility index (Phi) is 9.65. The van der Waals surface area contributed by atoms with Crippen LogP contribution in [0.5, 0.6) is 0 Å². The third-order valence-electron chi connectivity index (χ3n) is 6.60. The predicted molar refractivity (Wildman–Crippen MR) is 151 cm³/mol. The molecule has 4 rings (SSSR count). The monoisotopic (exact) mass is 564 g/mol. The third-order valence-corrected chi connectivity index (χ3v) is 8.09. The second kappa shape index (κ2) is 13.1. The van der Waals surface area contributed by atoms with Crippen LogP contribution in [0.4, 0.5) is 0 Å². The van der Waals surface area contributed by atoms with Crippen LogP contribution in [0.3, 0.4) is 0 Å². The summed E-state index contributed by atoms with van der Waals surface area (Å²) in [6, 6.07) is 25.7. The zero-order chi connectivity index (χ0) is 25.3. The van der Waals surface area contributed by atoms with Gasteiger partial charge in [0.15, 0.2) is 0 Å². The molecule has 0 heterocycles. The Morgan fingerprint density at radius 1 is 0.972 bits per heavy atom. The molecule has 0 bridgehead atoms. The molecule has 36 heavy (non-hydrogen) atoms. The zero-order valence-corrected chi connectivity index (χ0v) is 23.1. The highest BCUT2D eigenvalue weighted by Crippen LogP contribution is 2.23. The highest BCUT2D eigenvalue weighted by atomic mass is 79.9. The molecule has 1 saturated carbocycles. The first-order valence-corrected chi connectivity index (χ1v) is 14.3. The van der Waals surface area contributed by atoms with Gasteiger partial charge in [-0.25, -0.2) is 0 Å². The Bertz CT molecular complexity index is 1150. The van der Waals surface area contributed by atoms with E-state index in [9.17, 15) is 9.59 Å². The number of nitrogens with zero attached hydrogens (tertiary/aromatic N) is 1. The second-order valence-corrected chi connectivity index (χ2v) is 11.4. The van der Waals surface area contributed by atoms with Gasteiger partial charge in [-0.05, 0) is 55.2 Å². The van der Waals surface area contributed by atoms with Crippen molar-refractivity contribution in [1.82, 2.24) is 10.2 Å². The number of carbonyl (C=O) groups is 2. The molecule has 2 amide bonds. The highest BCUT2D eigenvalue weighted by Gasteiger charge is 2.32. The van der Waals surface area contributed by atoms with Crippen molar-refractivity contribution in [3.8, 4) is 0 Å². The number of hydrogen-bond donors (Lipinski definition) is 1. The summed E-state index contributed by atoms with van der Waals surface area (Å²) in [4.78, 5) is 30.3. The van der Waals surface area contributed by atoms with Crippen LogP contribution < -0.4 is 5.32 Å². The van der Waals surface area contributed by atoms with Crippen LogP contribution in [0.15, 0.2) is 88.2 Å². The van der Waals surface area contributed by atoms with Crippen molar-refractivity contribution in [2.75, 3.05) is 5.75 Å². The molecule has 188 valence electrons. The number of carbonyl (C=O) groups excluding carboxylic acids is 2. The maximum atomic E-state index is 13.8. The van der Waals surface area contributed by atoms with Crippen molar-refractivity contribution < 1.29 is 9.59 Å². The Morgan fingerprint density at radius 3 is 2.36 bits per heavy atom. The molecule has 1 aliphatic carbocycles. The van der Waals surface area contributed by atoms with Gasteiger partial charge in [-0.3, -0.25) is 9.59 Å². The van der Waals surface area contributed by atoms with E-state index < -0.39 is 6.04 Å². The number of amides is 2. The molecule has 0 aromatic heterocycles. The average Bonchev–Trinajstić information content (AvgIpc) is 3.39. The fraction of sp³-hybridized carbons (Fsp3) is 0.333. The summed E-state index contributed by atoms with van der Waals surface area (Å²) in [5.41, 5.74) is 3.22. The number of halogens is 1. The lowest BCUT2D eigenvalue weighted by Crippen LogP contribution is -2.52. The molecule has 1 fully saturated rings. The number of hydrogen-bond acceptors (Lipinski definition) is 3. The standard InChI is InChI=1S/C30H33BrN2O2S/c1-22-14-16-27(17-15-22)36-21-29(34)33(20-24-10-7-11-25(31)18-24)28(19-23-8-3-2-4-9-23)30(35)32-26-12-5-6-13-26/h2-4,7-11,14-18,26,28H,5-6,12-13,19-21H2,1H3,(H,32,35)/t28-/m0/s1. The van der Waals surface area contributed by atoms with Gasteiger partial charge in [0.05, 0.1) is 5.75 Å². The Labute approximate surface area is 227 Å². The minimum absolute atomic E-state index is 0.0388. The molecule has 0 aliphatic heterocycles. The summed E-state index contributed by atoms with van der Waals surface area (Å²) in [6.45, 7) is 2.43. The van der Waals surface area contributed by atoms with E-state index >= 15 is 0 Å². The molecule has 3 aromatic rings. The summed E-state index contributed by atoms with van der Waals surface area (Å²) in [5.74, 6) is 0.177. The molecule has 0 unspecified atom stereocenters. The average molecular weight is 566 g/mol. The fourth-order valence-electron chi connectivity index (χ4n) is 4.62. The number of thioether (sulfide) groups is 1. The van der Waals surface area contributed by atoms with Crippen molar-refractivity contribution in [2.24, 2.45) is 0 Å². The summed E-state index contributed by atoms with van der Waals surface area (Å²) in [5, 5.41) is 3.26. The first-order valence-electron chi connectivity index (χ1n) is 12.6. The summed E-state index contributed by atoms with van der Waals surface area (Å²) in [6.07, 6.45) is 4.78. The Morgan fingerprint density at radius 2 is 1.67 bits per heavy atom. The van der Waals surface area contributed by atoms with E-state index in [0.717, 1.165) is 46.2 Å². The quantitative estimate of drug-likeness (QED) is 0.284. The van der Waals surface area contributed by atoms with Crippen molar-refractivity contribution in [1.29, 1.82) is 0 Å². The molecule has 3 aromatic carbocycles. The topological polar surface area (TPSA) is 49.4 Å². The van der Waals surface area contributed by atoms with Crippen LogP contribution in [0, 0.1) is 6.92 Å². The van der Waals surface area contributed by atoms with Gasteiger partial charge in [0.2, 0.25) is 11.8 Å². The van der Waals surface area contributed by atoms with Gasteiger partial charge in [-0.1, -0.05) is 88.9 Å². The fourth-order valence-corrected chi connectivity index (χ4v) is 5.85. The van der Waals surface area contributed by atoms with Gasteiger partial charge in [0, 0.05) is 28.4 Å². The smallest absolute Gasteiger partial charge is 0.243 e. The largest absolute Gasteiger partial charge is 0.352 e. The van der Waals surface area contributed by atoms with Crippen molar-refractivity contribution in [3.05, 3.63) is 100 Å². The molecular weight excluding hydrogens is 532 g/mol. The van der Waals surface area contributed by atoms with E-state index in [-0.39, 0.29) is 23.6 Å². The summed E-state index contributed by atoms with van der Waals surface area (Å²) >= 11 is 5.06. The normalized spacial score (nSPS) is 14.4. The molecule has 1 N–H and O–H groups in total. The lowest BCUT2D eigenvalue weighted by atomic mass is 10.0. The predicted octanol–water partition coefficient (Wildman–Crippen LogP) is 6.55. The molecule has 1 aliphatic rings. The highest BCUT2D eigenvalue weighted by molar-refractivity contribution is 9.10. The van der Waals surface area contributed by atoms with E-state index in [1.165, 1.54) is 17.3 Å². The maximum Gasteiger partial charge on any atom is 0.243 e. The molecule has 6 heteroatoms. The van der Waals surface area contributed by atoms with E-state index in [1.54, 1.807) is 4.90 Å². The number of aryl methyl sites for hydroxylation is 1. The lowest BCUT2D eigenvalue weighted by Gasteiger charge is -2.32. The molecule has 1 atom stereocenters. The minimum atomic E-state index is -0.585. The number of nitrogens with one attached hydrogen (secondary N) is 1. The van der Waals surface area contributed by atoms with Crippen LogP contribution >= 0.6 is 27.7 Å². The minimum Gasteiger partial charge on any atom is -0.352 e. The zero-order valence-electron chi connectivity index (χ0n) is 20.7. The van der Waals surface area contributed by atoms with Gasteiger partial charge in [-0.15, -0.1) is 11.8 Å². The number of rotatable bonds is 10. The van der Waals surface area contributed by atoms with Crippen molar-refractivity contribution >= 4 is 39.5 Å². The lowest BCUT2D eigenvalue weighted by molar-refractivity contribution is -0.139. The summed E-state index contributed by atoms with van der Waals surface area (Å²) < 4.78 is 0.955. The third kappa shape index (κ3) is 7.71. The Balaban J connectivity index is 1.60. The van der Waals surface area contributed by atoms with Crippen LogP contribution in [-0.4, -0.2) is 34.6 Å². The van der Waals surface area contributed by atoms with Gasteiger partial charge >= 0.3 is 0 Å². The molecule has 0 spiro atoms. The van der Waals surface area contributed by atoms with Gasteiger partial charge < -0.3 is 10.2 Å². The van der Waals surface area contributed by atoms with Crippen molar-refractivity contribution in [2.45, 2.75) is 62.6 Å². The van der Waals surface area contributed by atoms with Gasteiger partial charge in [0.25, 0.3) is 0 Å². The van der Waals surface area contributed by atoms with E-state index in [2.05, 4.69) is 40.3 Å². The first-order chi connectivity index (χ1) is 17.5. The van der Waals surface area contributed by atoms with Gasteiger partial charge in [0.1, 0.15) is 6.04 Å². The van der Waals surface area contributed by atoms with E-state index in [0.29, 0.717) is 13.0 Å². The molecule has 0 radical (unpaired) electrons. The number of benzene rings is 3. The second-order valence-electron chi connectivity index (χ2n) is 9.45. The van der Waals surface area contributed by atoms with Crippen LogP contribution in [-0.2, 0) is 22.6 Å². The van der Waals surface area contributed by atoms with E-state index in [4.69, 9.17) is 0 Å². The maximum absolute atomic E-state index is 13.8.